The molecule has 1 saturated carbocycles. The van der Waals surface area contributed by atoms with E-state index in [0.717, 1.165) is 36.9 Å². The van der Waals surface area contributed by atoms with E-state index in [1.807, 2.05) is 29.2 Å². The molecule has 3 heterocycles. The number of hydrogen-bond acceptors (Lipinski definition) is 5. The van der Waals surface area contributed by atoms with E-state index in [1.165, 1.54) is 10.6 Å². The molecule has 1 fully saturated rings. The molecule has 0 radical (unpaired) electrons. The molecular formula is C25H28N4O4. The van der Waals surface area contributed by atoms with Crippen molar-refractivity contribution in [3.05, 3.63) is 75.8 Å². The second-order valence-corrected chi connectivity index (χ2v) is 8.79. The molecule has 2 aliphatic heterocycles. The summed E-state index contributed by atoms with van der Waals surface area (Å²) in [7, 11) is 1.59. The Bertz CT molecular complexity index is 1170. The molecule has 1 aromatic carbocycles. The second-order valence-electron chi connectivity index (χ2n) is 8.79. The third-order valence-corrected chi connectivity index (χ3v) is 6.92. The van der Waals surface area contributed by atoms with Gasteiger partial charge in [0.25, 0.3) is 11.5 Å². The quantitative estimate of drug-likeness (QED) is 0.743. The number of fused-ring (bicyclic) bond motifs is 1. The van der Waals surface area contributed by atoms with Gasteiger partial charge < -0.3 is 24.8 Å². The normalized spacial score (nSPS) is 24.3. The number of rotatable bonds is 4. The lowest BCUT2D eigenvalue weighted by Crippen LogP contribution is -2.54. The first kappa shape index (κ1) is 21.3. The molecule has 33 heavy (non-hydrogen) atoms. The molecule has 0 unspecified atom stereocenters. The van der Waals surface area contributed by atoms with E-state index >= 15 is 0 Å². The van der Waals surface area contributed by atoms with E-state index in [9.17, 15) is 14.4 Å². The van der Waals surface area contributed by atoms with Gasteiger partial charge in [0, 0.05) is 29.6 Å². The maximum absolute atomic E-state index is 13.9. The Kier molecular flexibility index (Phi) is 5.66. The summed E-state index contributed by atoms with van der Waals surface area (Å²) in [6, 6.07) is 11.7. The van der Waals surface area contributed by atoms with Crippen LogP contribution in [-0.4, -0.2) is 47.0 Å². The summed E-state index contributed by atoms with van der Waals surface area (Å²) in [6.07, 6.45) is 5.45. The maximum atomic E-state index is 13.9. The molecule has 172 valence electrons. The Balaban J connectivity index is 1.67. The van der Waals surface area contributed by atoms with Crippen LogP contribution < -0.4 is 20.9 Å². The van der Waals surface area contributed by atoms with Gasteiger partial charge in [-0.2, -0.15) is 0 Å². The van der Waals surface area contributed by atoms with Crippen LogP contribution in [0.4, 0.5) is 0 Å². The average molecular weight is 449 g/mol. The lowest BCUT2D eigenvalue weighted by molar-refractivity contribution is -0.138. The van der Waals surface area contributed by atoms with Crippen molar-refractivity contribution in [2.24, 2.45) is 0 Å². The van der Waals surface area contributed by atoms with Crippen molar-refractivity contribution < 1.29 is 14.3 Å². The van der Waals surface area contributed by atoms with E-state index < -0.39 is 6.04 Å². The zero-order chi connectivity index (χ0) is 22.9. The van der Waals surface area contributed by atoms with Crippen molar-refractivity contribution in [1.82, 2.24) is 20.1 Å². The first-order chi connectivity index (χ1) is 16.1. The number of nitrogens with zero attached hydrogens (tertiary/aromatic N) is 2. The summed E-state index contributed by atoms with van der Waals surface area (Å²) in [5.74, 6) is 0.256. The van der Waals surface area contributed by atoms with E-state index in [-0.39, 0.29) is 36.0 Å². The minimum Gasteiger partial charge on any atom is -0.496 e. The molecule has 8 heteroatoms. The fraction of sp³-hybridized carbons (Fsp3) is 0.400. The molecule has 2 N–H and O–H groups in total. The Hall–Kier alpha value is -3.55. The SMILES string of the molecule is COc1ccccc1[C@@H]1C2=C(CNC2=O)N[C@@H]2CCCC[C@H]2N1C(=O)Cn1ccccc1=O. The van der Waals surface area contributed by atoms with Gasteiger partial charge in [0.1, 0.15) is 12.3 Å². The van der Waals surface area contributed by atoms with Crippen molar-refractivity contribution in [1.29, 1.82) is 0 Å². The summed E-state index contributed by atoms with van der Waals surface area (Å²) >= 11 is 0. The zero-order valence-corrected chi connectivity index (χ0v) is 18.6. The molecule has 3 aliphatic rings. The number of hydrogen-bond donors (Lipinski definition) is 2. The molecule has 3 atom stereocenters. The number of aromatic nitrogens is 1. The van der Waals surface area contributed by atoms with E-state index in [2.05, 4.69) is 10.6 Å². The molecule has 2 amide bonds. The lowest BCUT2D eigenvalue weighted by Gasteiger charge is -2.43. The van der Waals surface area contributed by atoms with E-state index in [1.54, 1.807) is 25.4 Å². The summed E-state index contributed by atoms with van der Waals surface area (Å²) in [5, 5.41) is 6.53. The summed E-state index contributed by atoms with van der Waals surface area (Å²) in [5.41, 5.74) is 1.94. The number of para-hydroxylation sites is 1. The number of methoxy groups -OCH3 is 1. The van der Waals surface area contributed by atoms with Gasteiger partial charge >= 0.3 is 0 Å². The molecule has 5 rings (SSSR count). The predicted octanol–water partition coefficient (Wildman–Crippen LogP) is 1.73. The fourth-order valence-corrected chi connectivity index (χ4v) is 5.43. The molecule has 1 aliphatic carbocycles. The highest BCUT2D eigenvalue weighted by Gasteiger charge is 2.46. The van der Waals surface area contributed by atoms with Crippen LogP contribution >= 0.6 is 0 Å². The summed E-state index contributed by atoms with van der Waals surface area (Å²) < 4.78 is 7.08. The number of carbonyl (C=O) groups excluding carboxylic acids is 2. The number of carbonyl (C=O) groups is 2. The fourth-order valence-electron chi connectivity index (χ4n) is 5.43. The Morgan fingerprint density at radius 1 is 1.09 bits per heavy atom. The topological polar surface area (TPSA) is 92.7 Å². The number of amides is 2. The minimum absolute atomic E-state index is 0.0487. The largest absolute Gasteiger partial charge is 0.496 e. The second kappa shape index (κ2) is 8.77. The Morgan fingerprint density at radius 2 is 1.88 bits per heavy atom. The van der Waals surface area contributed by atoms with Gasteiger partial charge in [-0.3, -0.25) is 14.4 Å². The zero-order valence-electron chi connectivity index (χ0n) is 18.6. The van der Waals surface area contributed by atoms with E-state index in [0.29, 0.717) is 17.9 Å². The molecule has 8 nitrogen and oxygen atoms in total. The Morgan fingerprint density at radius 3 is 2.70 bits per heavy atom. The monoisotopic (exact) mass is 448 g/mol. The molecule has 0 spiro atoms. The molecule has 0 bridgehead atoms. The van der Waals surface area contributed by atoms with Gasteiger partial charge in [0.15, 0.2) is 0 Å². The number of pyridine rings is 1. The van der Waals surface area contributed by atoms with Crippen molar-refractivity contribution in [3.63, 3.8) is 0 Å². The van der Waals surface area contributed by atoms with Gasteiger partial charge in [0.05, 0.1) is 31.3 Å². The van der Waals surface area contributed by atoms with Crippen LogP contribution in [0.5, 0.6) is 5.75 Å². The van der Waals surface area contributed by atoms with Crippen LogP contribution in [0.25, 0.3) is 0 Å². The number of nitrogens with one attached hydrogen (secondary N) is 2. The molecule has 1 aromatic heterocycles. The van der Waals surface area contributed by atoms with Crippen LogP contribution in [0.1, 0.15) is 37.3 Å². The van der Waals surface area contributed by atoms with Crippen LogP contribution in [0.3, 0.4) is 0 Å². The van der Waals surface area contributed by atoms with Crippen molar-refractivity contribution >= 4 is 11.8 Å². The average Bonchev–Trinajstić information content (AvgIpc) is 3.11. The molecule has 2 aromatic rings. The smallest absolute Gasteiger partial charge is 0.251 e. The van der Waals surface area contributed by atoms with Crippen molar-refractivity contribution in [2.45, 2.75) is 50.4 Å². The standard InChI is InChI=1S/C25H28N4O4/c1-33-20-11-5-2-8-16(20)24-23-18(14-26-25(23)32)27-17-9-3-4-10-19(17)29(24)22(31)15-28-13-7-6-12-21(28)30/h2,5-8,11-13,17,19,24,27H,3-4,9-10,14-15H2,1H3,(H,26,32)/t17-,19-,24-/m1/s1. The third-order valence-electron chi connectivity index (χ3n) is 6.92. The van der Waals surface area contributed by atoms with Gasteiger partial charge in [-0.05, 0) is 25.0 Å². The minimum atomic E-state index is -0.605. The summed E-state index contributed by atoms with van der Waals surface area (Å²) in [6.45, 7) is 0.335. The first-order valence-electron chi connectivity index (χ1n) is 11.5. The van der Waals surface area contributed by atoms with Crippen LogP contribution in [-0.2, 0) is 16.1 Å². The van der Waals surface area contributed by atoms with Gasteiger partial charge in [-0.15, -0.1) is 0 Å². The number of ether oxygens (including phenoxy) is 1. The van der Waals surface area contributed by atoms with Gasteiger partial charge in [-0.25, -0.2) is 0 Å². The van der Waals surface area contributed by atoms with Crippen LogP contribution in [0.2, 0.25) is 0 Å². The highest BCUT2D eigenvalue weighted by Crippen LogP contribution is 2.43. The first-order valence-corrected chi connectivity index (χ1v) is 11.5. The van der Waals surface area contributed by atoms with Gasteiger partial charge in [-0.1, -0.05) is 37.1 Å². The maximum Gasteiger partial charge on any atom is 0.251 e. The van der Waals surface area contributed by atoms with Crippen LogP contribution in [0, 0.1) is 0 Å². The molecular weight excluding hydrogens is 420 g/mol. The van der Waals surface area contributed by atoms with Crippen molar-refractivity contribution in [2.75, 3.05) is 13.7 Å². The Labute approximate surface area is 192 Å². The van der Waals surface area contributed by atoms with Crippen molar-refractivity contribution in [3.8, 4) is 5.75 Å². The predicted molar refractivity (Wildman–Crippen MR) is 122 cm³/mol. The van der Waals surface area contributed by atoms with E-state index in [4.69, 9.17) is 4.74 Å². The summed E-state index contributed by atoms with van der Waals surface area (Å²) in [4.78, 5) is 41.2. The highest BCUT2D eigenvalue weighted by molar-refractivity contribution is 5.99. The van der Waals surface area contributed by atoms with Gasteiger partial charge in [0.2, 0.25) is 5.91 Å². The third kappa shape index (κ3) is 3.79. The highest BCUT2D eigenvalue weighted by atomic mass is 16.5. The number of benzene rings is 1. The molecule has 0 saturated heterocycles. The van der Waals surface area contributed by atoms with Crippen LogP contribution in [0.15, 0.2) is 64.7 Å². The lowest BCUT2D eigenvalue weighted by atomic mass is 9.87.